The first-order chi connectivity index (χ1) is 13.6. The summed E-state index contributed by atoms with van der Waals surface area (Å²) in [6.07, 6.45) is 1.79. The van der Waals surface area contributed by atoms with E-state index in [1.54, 1.807) is 29.1 Å². The zero-order valence-corrected chi connectivity index (χ0v) is 16.6. The van der Waals surface area contributed by atoms with E-state index < -0.39 is 0 Å². The second-order valence-corrected chi connectivity index (χ2v) is 6.86. The van der Waals surface area contributed by atoms with Crippen LogP contribution in [0.25, 0.3) is 0 Å². The lowest BCUT2D eigenvalue weighted by molar-refractivity contribution is -0.116. The minimum Gasteiger partial charge on any atom is -0.337 e. The summed E-state index contributed by atoms with van der Waals surface area (Å²) >= 11 is 3.51. The summed E-state index contributed by atoms with van der Waals surface area (Å²) < 4.78 is 2.70. The number of rotatable bonds is 7. The summed E-state index contributed by atoms with van der Waals surface area (Å²) in [5.41, 5.74) is 1.75. The third-order valence-electron chi connectivity index (χ3n) is 3.93. The van der Waals surface area contributed by atoms with E-state index in [-0.39, 0.29) is 24.9 Å². The predicted octanol–water partition coefficient (Wildman–Crippen LogP) is 3.84. The normalized spacial score (nSPS) is 10.3. The summed E-state index contributed by atoms with van der Waals surface area (Å²) in [5, 5.41) is 12.5. The summed E-state index contributed by atoms with van der Waals surface area (Å²) in [7, 11) is 0. The molecule has 144 valence electrons. The number of nitrogens with one attached hydrogen (secondary N) is 3. The highest BCUT2D eigenvalue weighted by atomic mass is 79.9. The molecule has 3 amide bonds. The van der Waals surface area contributed by atoms with Crippen molar-refractivity contribution in [3.05, 3.63) is 76.9 Å². The number of nitrogens with zero attached hydrogens (tertiary/aromatic N) is 2. The first kappa shape index (κ1) is 19.6. The van der Waals surface area contributed by atoms with E-state index >= 15 is 0 Å². The van der Waals surface area contributed by atoms with Crippen molar-refractivity contribution in [1.82, 2.24) is 15.1 Å². The average molecular weight is 442 g/mol. The van der Waals surface area contributed by atoms with Crippen LogP contribution in [-0.2, 0) is 11.3 Å². The maximum absolute atomic E-state index is 12.2. The maximum Gasteiger partial charge on any atom is 0.319 e. The number of anilines is 2. The van der Waals surface area contributed by atoms with E-state index in [0.29, 0.717) is 18.1 Å². The van der Waals surface area contributed by atoms with E-state index in [0.717, 1.165) is 10.0 Å². The Morgan fingerprint density at radius 1 is 0.964 bits per heavy atom. The van der Waals surface area contributed by atoms with Gasteiger partial charge >= 0.3 is 6.03 Å². The fraction of sp³-hybridized carbons (Fsp3) is 0.150. The molecule has 3 rings (SSSR count). The summed E-state index contributed by atoms with van der Waals surface area (Å²) in [6.45, 7) is 0.755. The Kier molecular flexibility index (Phi) is 6.80. The zero-order valence-electron chi connectivity index (χ0n) is 15.1. The number of urea groups is 1. The smallest absolute Gasteiger partial charge is 0.319 e. The van der Waals surface area contributed by atoms with Crippen LogP contribution in [0.2, 0.25) is 0 Å². The zero-order chi connectivity index (χ0) is 19.8. The van der Waals surface area contributed by atoms with Crippen LogP contribution in [0.15, 0.2) is 71.3 Å². The molecule has 0 unspecified atom stereocenters. The van der Waals surface area contributed by atoms with Crippen LogP contribution in [0.4, 0.5) is 16.3 Å². The quantitative estimate of drug-likeness (QED) is 0.520. The van der Waals surface area contributed by atoms with Crippen LogP contribution in [-0.4, -0.2) is 28.3 Å². The van der Waals surface area contributed by atoms with Crippen LogP contribution in [0.1, 0.15) is 12.0 Å². The number of aromatic nitrogens is 2. The van der Waals surface area contributed by atoms with Crippen LogP contribution >= 0.6 is 15.9 Å². The van der Waals surface area contributed by atoms with Gasteiger partial charge in [-0.05, 0) is 23.8 Å². The predicted molar refractivity (Wildman–Crippen MR) is 112 cm³/mol. The molecule has 0 fully saturated rings. The van der Waals surface area contributed by atoms with Gasteiger partial charge in [0.1, 0.15) is 5.82 Å². The summed E-state index contributed by atoms with van der Waals surface area (Å²) in [6, 6.07) is 18.4. The molecule has 0 radical (unpaired) electrons. The molecule has 28 heavy (non-hydrogen) atoms. The molecule has 0 aliphatic rings. The third kappa shape index (κ3) is 5.68. The van der Waals surface area contributed by atoms with Gasteiger partial charge in [0, 0.05) is 29.2 Å². The highest BCUT2D eigenvalue weighted by molar-refractivity contribution is 9.10. The fourth-order valence-corrected chi connectivity index (χ4v) is 2.95. The molecule has 0 bridgehead atoms. The molecular formula is C20H20BrN5O2. The van der Waals surface area contributed by atoms with Crippen molar-refractivity contribution in [2.45, 2.75) is 13.0 Å². The number of carbonyl (C=O) groups excluding carboxylic acids is 2. The highest BCUT2D eigenvalue weighted by Crippen LogP contribution is 2.18. The number of hydrogen-bond donors (Lipinski definition) is 3. The van der Waals surface area contributed by atoms with E-state index in [1.807, 2.05) is 42.5 Å². The molecule has 8 heteroatoms. The van der Waals surface area contributed by atoms with Crippen molar-refractivity contribution < 1.29 is 9.59 Å². The maximum atomic E-state index is 12.2. The molecular weight excluding hydrogens is 422 g/mol. The van der Waals surface area contributed by atoms with Gasteiger partial charge < -0.3 is 16.0 Å². The SMILES string of the molecule is O=C(CCNC(=O)Nc1ccccc1)Nc1ccnn1Cc1ccccc1Br. The van der Waals surface area contributed by atoms with Crippen LogP contribution in [0.5, 0.6) is 0 Å². The van der Waals surface area contributed by atoms with Crippen molar-refractivity contribution in [2.75, 3.05) is 17.2 Å². The van der Waals surface area contributed by atoms with E-state index in [4.69, 9.17) is 0 Å². The molecule has 3 aromatic rings. The minimum absolute atomic E-state index is 0.155. The Morgan fingerprint density at radius 3 is 2.50 bits per heavy atom. The van der Waals surface area contributed by atoms with Gasteiger partial charge in [0.15, 0.2) is 0 Å². The topological polar surface area (TPSA) is 88.1 Å². The molecule has 0 atom stereocenters. The lowest BCUT2D eigenvalue weighted by atomic mass is 10.2. The lowest BCUT2D eigenvalue weighted by Gasteiger charge is -2.11. The number of carbonyl (C=O) groups is 2. The Labute approximate surface area is 171 Å². The van der Waals surface area contributed by atoms with Crippen LogP contribution in [0.3, 0.4) is 0 Å². The molecule has 1 aromatic heterocycles. The highest BCUT2D eigenvalue weighted by Gasteiger charge is 2.10. The van der Waals surface area contributed by atoms with E-state index in [9.17, 15) is 9.59 Å². The number of para-hydroxylation sites is 1. The molecule has 0 aliphatic heterocycles. The second-order valence-electron chi connectivity index (χ2n) is 6.01. The Balaban J connectivity index is 1.46. The van der Waals surface area contributed by atoms with Crippen molar-refractivity contribution >= 4 is 39.4 Å². The Morgan fingerprint density at radius 2 is 1.71 bits per heavy atom. The second kappa shape index (κ2) is 9.70. The number of benzene rings is 2. The number of halogens is 1. The van der Waals surface area contributed by atoms with Gasteiger partial charge in [-0.3, -0.25) is 4.79 Å². The van der Waals surface area contributed by atoms with Gasteiger partial charge in [0.2, 0.25) is 5.91 Å². The molecule has 0 saturated carbocycles. The molecule has 7 nitrogen and oxygen atoms in total. The van der Waals surface area contributed by atoms with E-state index in [2.05, 4.69) is 37.0 Å². The van der Waals surface area contributed by atoms with Crippen LogP contribution < -0.4 is 16.0 Å². The lowest BCUT2D eigenvalue weighted by Crippen LogP contribution is -2.31. The molecule has 0 aliphatic carbocycles. The summed E-state index contributed by atoms with van der Waals surface area (Å²) in [5.74, 6) is 0.406. The largest absolute Gasteiger partial charge is 0.337 e. The van der Waals surface area contributed by atoms with Gasteiger partial charge in [0.05, 0.1) is 12.7 Å². The molecule has 2 aromatic carbocycles. The van der Waals surface area contributed by atoms with Crippen molar-refractivity contribution in [2.24, 2.45) is 0 Å². The van der Waals surface area contributed by atoms with Gasteiger partial charge in [-0.25, -0.2) is 9.48 Å². The number of hydrogen-bond acceptors (Lipinski definition) is 3. The number of amides is 3. The molecule has 3 N–H and O–H groups in total. The third-order valence-corrected chi connectivity index (χ3v) is 4.70. The van der Waals surface area contributed by atoms with Gasteiger partial charge in [-0.1, -0.05) is 52.3 Å². The first-order valence-corrected chi connectivity index (χ1v) is 9.56. The van der Waals surface area contributed by atoms with Crippen molar-refractivity contribution in [3.8, 4) is 0 Å². The fourth-order valence-electron chi connectivity index (χ4n) is 2.54. The first-order valence-electron chi connectivity index (χ1n) is 8.77. The average Bonchev–Trinajstić information content (AvgIpc) is 3.11. The standard InChI is InChI=1S/C20H20BrN5O2/c21-17-9-5-4-6-15(17)14-26-18(10-13-23-26)25-19(27)11-12-22-20(28)24-16-7-2-1-3-8-16/h1-10,13H,11-12,14H2,(H,25,27)(H2,22,24,28). The monoisotopic (exact) mass is 441 g/mol. The van der Waals surface area contributed by atoms with Crippen LogP contribution in [0, 0.1) is 0 Å². The Bertz CT molecular complexity index is 943. The molecule has 0 spiro atoms. The molecule has 0 saturated heterocycles. The Hall–Kier alpha value is -3.13. The van der Waals surface area contributed by atoms with Gasteiger partial charge in [-0.15, -0.1) is 0 Å². The van der Waals surface area contributed by atoms with E-state index in [1.165, 1.54) is 0 Å². The van der Waals surface area contributed by atoms with Crippen molar-refractivity contribution in [3.63, 3.8) is 0 Å². The molecule has 1 heterocycles. The van der Waals surface area contributed by atoms with Gasteiger partial charge in [0.25, 0.3) is 0 Å². The minimum atomic E-state index is -0.349. The van der Waals surface area contributed by atoms with Crippen molar-refractivity contribution in [1.29, 1.82) is 0 Å². The van der Waals surface area contributed by atoms with Gasteiger partial charge in [-0.2, -0.15) is 5.10 Å². The summed E-state index contributed by atoms with van der Waals surface area (Å²) in [4.78, 5) is 24.0.